The van der Waals surface area contributed by atoms with Gasteiger partial charge in [0.05, 0.1) is 22.0 Å². The molecule has 4 rings (SSSR count). The molecule has 0 spiro atoms. The predicted molar refractivity (Wildman–Crippen MR) is 120 cm³/mol. The van der Waals surface area contributed by atoms with Gasteiger partial charge in [0.25, 0.3) is 10.0 Å². The molecule has 9 heteroatoms. The van der Waals surface area contributed by atoms with Crippen molar-refractivity contribution in [2.75, 3.05) is 24.6 Å². The van der Waals surface area contributed by atoms with Gasteiger partial charge in [0, 0.05) is 7.05 Å². The van der Waals surface area contributed by atoms with Crippen LogP contribution in [0.15, 0.2) is 71.6 Å². The van der Waals surface area contributed by atoms with Crippen LogP contribution in [0.1, 0.15) is 5.56 Å². The van der Waals surface area contributed by atoms with Gasteiger partial charge in [-0.05, 0) is 54.1 Å². The molecule has 0 N–H and O–H groups in total. The summed E-state index contributed by atoms with van der Waals surface area (Å²) in [5, 5.41) is 0.372. The van der Waals surface area contributed by atoms with Crippen LogP contribution in [0.2, 0.25) is 5.02 Å². The topological polar surface area (TPSA) is 82.1 Å². The molecule has 0 aromatic heterocycles. The van der Waals surface area contributed by atoms with E-state index in [0.29, 0.717) is 46.7 Å². The minimum atomic E-state index is -3.69. The Kier molecular flexibility index (Phi) is 6.25. The number of esters is 1. The maximum atomic E-state index is 12.7. The number of benzene rings is 3. The number of ether oxygens (including phenoxy) is 3. The number of sulfonamides is 1. The fraction of sp³-hybridized carbons (Fsp3) is 0.174. The van der Waals surface area contributed by atoms with Crippen LogP contribution in [0.3, 0.4) is 0 Å². The normalized spacial score (nSPS) is 12.8. The van der Waals surface area contributed by atoms with Gasteiger partial charge in [0.2, 0.25) is 0 Å². The van der Waals surface area contributed by atoms with Crippen LogP contribution >= 0.6 is 11.6 Å². The second-order valence-corrected chi connectivity index (χ2v) is 9.41. The lowest BCUT2D eigenvalue weighted by Crippen LogP contribution is -2.26. The van der Waals surface area contributed by atoms with Crippen LogP contribution in [0.25, 0.3) is 0 Å². The van der Waals surface area contributed by atoms with Crippen LogP contribution in [-0.4, -0.2) is 34.6 Å². The highest BCUT2D eigenvalue weighted by Gasteiger charge is 2.21. The zero-order valence-corrected chi connectivity index (χ0v) is 18.7. The van der Waals surface area contributed by atoms with Gasteiger partial charge in [-0.3, -0.25) is 9.10 Å². The third-order valence-electron chi connectivity index (χ3n) is 4.84. The summed E-state index contributed by atoms with van der Waals surface area (Å²) < 4.78 is 43.0. The summed E-state index contributed by atoms with van der Waals surface area (Å²) in [4.78, 5) is 12.6. The highest BCUT2D eigenvalue weighted by atomic mass is 35.5. The molecule has 0 fully saturated rings. The number of hydrogen-bond acceptors (Lipinski definition) is 6. The first-order valence-electron chi connectivity index (χ1n) is 9.77. The number of carbonyl (C=O) groups excluding carboxylic acids is 1. The maximum absolute atomic E-state index is 12.7. The molecule has 0 radical (unpaired) electrons. The molecule has 0 saturated carbocycles. The van der Waals surface area contributed by atoms with Gasteiger partial charge in [-0.2, -0.15) is 0 Å². The summed E-state index contributed by atoms with van der Waals surface area (Å²) in [6, 6.07) is 17.7. The lowest BCUT2D eigenvalue weighted by Gasteiger charge is -2.20. The van der Waals surface area contributed by atoms with Crippen molar-refractivity contribution in [3.05, 3.63) is 77.3 Å². The van der Waals surface area contributed by atoms with Gasteiger partial charge >= 0.3 is 5.97 Å². The smallest absolute Gasteiger partial charge is 0.315 e. The third kappa shape index (κ3) is 4.66. The quantitative estimate of drug-likeness (QED) is 0.396. The summed E-state index contributed by atoms with van der Waals surface area (Å²) >= 11 is 6.21. The molecule has 0 atom stereocenters. The van der Waals surface area contributed by atoms with E-state index in [2.05, 4.69) is 0 Å². The van der Waals surface area contributed by atoms with Gasteiger partial charge < -0.3 is 14.2 Å². The monoisotopic (exact) mass is 473 g/mol. The molecule has 3 aromatic carbocycles. The van der Waals surface area contributed by atoms with Crippen LogP contribution in [0.5, 0.6) is 17.2 Å². The SMILES string of the molecule is CN(c1ccc(OC(=O)Cc2cc(Cl)c3c(c2)OCCO3)cc1)S(=O)(=O)c1ccccc1. The van der Waals surface area contributed by atoms with Crippen molar-refractivity contribution < 1.29 is 27.4 Å². The Bertz CT molecular complexity index is 1230. The molecule has 0 bridgehead atoms. The van der Waals surface area contributed by atoms with E-state index in [-0.39, 0.29) is 11.3 Å². The maximum Gasteiger partial charge on any atom is 0.315 e. The lowest BCUT2D eigenvalue weighted by molar-refractivity contribution is -0.133. The van der Waals surface area contributed by atoms with Crippen molar-refractivity contribution in [2.24, 2.45) is 0 Å². The molecule has 0 unspecified atom stereocenters. The van der Waals surface area contributed by atoms with Crippen molar-refractivity contribution in [1.29, 1.82) is 0 Å². The predicted octanol–water partition coefficient (Wildman–Crippen LogP) is 4.08. The summed E-state index contributed by atoms with van der Waals surface area (Å²) in [7, 11) is -2.22. The highest BCUT2D eigenvalue weighted by molar-refractivity contribution is 7.92. The Morgan fingerprint density at radius 3 is 2.44 bits per heavy atom. The van der Waals surface area contributed by atoms with Crippen molar-refractivity contribution in [1.82, 2.24) is 0 Å². The van der Waals surface area contributed by atoms with E-state index in [9.17, 15) is 13.2 Å². The van der Waals surface area contributed by atoms with Crippen LogP contribution in [0.4, 0.5) is 5.69 Å². The molecule has 1 aliphatic rings. The standard InChI is InChI=1S/C23H20ClNO6S/c1-25(32(27,28)19-5-3-2-4-6-19)17-7-9-18(10-8-17)31-22(26)15-16-13-20(24)23-21(14-16)29-11-12-30-23/h2-10,13-14H,11-12,15H2,1H3. The zero-order valence-electron chi connectivity index (χ0n) is 17.2. The first-order chi connectivity index (χ1) is 15.3. The molecule has 1 heterocycles. The third-order valence-corrected chi connectivity index (χ3v) is 6.92. The summed E-state index contributed by atoms with van der Waals surface area (Å²) in [5.74, 6) is 0.780. The molecule has 3 aromatic rings. The first-order valence-corrected chi connectivity index (χ1v) is 11.6. The second-order valence-electron chi connectivity index (χ2n) is 7.03. The van der Waals surface area contributed by atoms with Crippen molar-refractivity contribution >= 4 is 33.3 Å². The number of carbonyl (C=O) groups is 1. The summed E-state index contributed by atoms with van der Waals surface area (Å²) in [5.41, 5.74) is 1.07. The Morgan fingerprint density at radius 2 is 1.72 bits per heavy atom. The number of anilines is 1. The fourth-order valence-electron chi connectivity index (χ4n) is 3.21. The van der Waals surface area contributed by atoms with Gasteiger partial charge in [-0.25, -0.2) is 8.42 Å². The minimum Gasteiger partial charge on any atom is -0.486 e. The molecule has 1 aliphatic heterocycles. The number of halogens is 1. The van der Waals surface area contributed by atoms with E-state index in [1.807, 2.05) is 0 Å². The lowest BCUT2D eigenvalue weighted by atomic mass is 10.1. The average molecular weight is 474 g/mol. The van der Waals surface area contributed by atoms with Crippen molar-refractivity contribution in [2.45, 2.75) is 11.3 Å². The zero-order chi connectivity index (χ0) is 22.7. The number of rotatable bonds is 6. The van der Waals surface area contributed by atoms with Gasteiger partial charge in [0.15, 0.2) is 11.5 Å². The van der Waals surface area contributed by atoms with E-state index in [1.54, 1.807) is 54.6 Å². The van der Waals surface area contributed by atoms with Crippen molar-refractivity contribution in [3.8, 4) is 17.2 Å². The molecule has 7 nitrogen and oxygen atoms in total. The Morgan fingerprint density at radius 1 is 1.03 bits per heavy atom. The largest absolute Gasteiger partial charge is 0.486 e. The van der Waals surface area contributed by atoms with Crippen LogP contribution in [-0.2, 0) is 21.2 Å². The number of fused-ring (bicyclic) bond motifs is 1. The Hall–Kier alpha value is -3.23. The highest BCUT2D eigenvalue weighted by Crippen LogP contribution is 2.38. The van der Waals surface area contributed by atoms with E-state index in [4.69, 9.17) is 25.8 Å². The Labute approximate surface area is 191 Å². The van der Waals surface area contributed by atoms with E-state index in [0.717, 1.165) is 0 Å². The first kappa shape index (κ1) is 22.0. The number of nitrogens with zero attached hydrogens (tertiary/aromatic N) is 1. The second kappa shape index (κ2) is 9.10. The summed E-state index contributed by atoms with van der Waals surface area (Å²) in [6.45, 7) is 0.837. The van der Waals surface area contributed by atoms with E-state index >= 15 is 0 Å². The van der Waals surface area contributed by atoms with Crippen LogP contribution < -0.4 is 18.5 Å². The fourth-order valence-corrected chi connectivity index (χ4v) is 4.72. The molecule has 32 heavy (non-hydrogen) atoms. The van der Waals surface area contributed by atoms with Crippen LogP contribution in [0, 0.1) is 0 Å². The van der Waals surface area contributed by atoms with E-state index in [1.165, 1.54) is 23.5 Å². The molecule has 0 amide bonds. The van der Waals surface area contributed by atoms with E-state index < -0.39 is 16.0 Å². The number of hydrogen-bond donors (Lipinski definition) is 0. The van der Waals surface area contributed by atoms with Gasteiger partial charge in [0.1, 0.15) is 19.0 Å². The minimum absolute atomic E-state index is 0.0135. The Balaban J connectivity index is 1.43. The van der Waals surface area contributed by atoms with Gasteiger partial charge in [-0.15, -0.1) is 0 Å². The molecule has 166 valence electrons. The molecule has 0 aliphatic carbocycles. The van der Waals surface area contributed by atoms with Crippen molar-refractivity contribution in [3.63, 3.8) is 0 Å². The summed E-state index contributed by atoms with van der Waals surface area (Å²) in [6.07, 6.45) is -0.0135. The molecular formula is C23H20ClNO6S. The molecular weight excluding hydrogens is 454 g/mol. The average Bonchev–Trinajstić information content (AvgIpc) is 2.79. The molecule has 0 saturated heterocycles. The van der Waals surface area contributed by atoms with Gasteiger partial charge in [-0.1, -0.05) is 29.8 Å².